The predicted octanol–water partition coefficient (Wildman–Crippen LogP) is 5.63. The van der Waals surface area contributed by atoms with E-state index in [9.17, 15) is 26.0 Å². The van der Waals surface area contributed by atoms with E-state index in [-0.39, 0.29) is 17.6 Å². The van der Waals surface area contributed by atoms with Gasteiger partial charge in [-0.2, -0.15) is 13.2 Å². The first kappa shape index (κ1) is 24.6. The van der Waals surface area contributed by atoms with Gasteiger partial charge < -0.3 is 4.57 Å². The van der Waals surface area contributed by atoms with Gasteiger partial charge in [0.05, 0.1) is 10.8 Å². The number of hydrogen-bond donors (Lipinski definition) is 1. The molecule has 1 N–H and O–H groups in total. The summed E-state index contributed by atoms with van der Waals surface area (Å²) in [5.74, 6) is -2.12. The minimum absolute atomic E-state index is 0.0999. The van der Waals surface area contributed by atoms with Crippen molar-refractivity contribution < 1.29 is 30.4 Å². The Bertz CT molecular complexity index is 1350. The van der Waals surface area contributed by atoms with Crippen molar-refractivity contribution in [2.24, 2.45) is 5.41 Å². The second kappa shape index (κ2) is 8.30. The Hall–Kier alpha value is -2.53. The van der Waals surface area contributed by atoms with E-state index in [4.69, 9.17) is 0 Å². The van der Waals surface area contributed by atoms with Crippen LogP contribution >= 0.6 is 0 Å². The van der Waals surface area contributed by atoms with Gasteiger partial charge in [-0.05, 0) is 48.1 Å². The van der Waals surface area contributed by atoms with Gasteiger partial charge in [0.1, 0.15) is 23.0 Å². The van der Waals surface area contributed by atoms with Gasteiger partial charge in [-0.25, -0.2) is 26.9 Å². The van der Waals surface area contributed by atoms with Crippen LogP contribution in [0, 0.1) is 17.0 Å². The van der Waals surface area contributed by atoms with Crippen molar-refractivity contribution in [3.8, 4) is 11.3 Å². The van der Waals surface area contributed by atoms with E-state index >= 15 is 4.39 Å². The quantitative estimate of drug-likeness (QED) is 0.446. The number of halogens is 5. The van der Waals surface area contributed by atoms with Crippen LogP contribution in [0.3, 0.4) is 0 Å². The zero-order chi connectivity index (χ0) is 25.1. The molecule has 34 heavy (non-hydrogen) atoms. The standard InChI is InChI=1S/C23H24F5N3O2S/c1-22(2,3)12-31-11-13(10-29-34(32,33)15-5-6-15)17-9-19(25)20(30-21(17)31)16-7-4-14(24)8-18(16)23(26,27)28/h4,7-9,11,15,29H,5-6,10,12H2,1-3H3. The van der Waals surface area contributed by atoms with Crippen molar-refractivity contribution in [3.05, 3.63) is 53.2 Å². The molecule has 1 saturated carbocycles. The van der Waals surface area contributed by atoms with Crippen LogP contribution in [0.15, 0.2) is 30.5 Å². The van der Waals surface area contributed by atoms with Crippen LogP contribution in [-0.2, 0) is 29.3 Å². The van der Waals surface area contributed by atoms with Gasteiger partial charge >= 0.3 is 6.18 Å². The minimum atomic E-state index is -4.92. The third-order valence-corrected chi connectivity index (χ3v) is 7.40. The molecule has 0 spiro atoms. The van der Waals surface area contributed by atoms with Gasteiger partial charge in [0.15, 0.2) is 0 Å². The molecule has 5 nitrogen and oxygen atoms in total. The Morgan fingerprint density at radius 2 is 1.79 bits per heavy atom. The van der Waals surface area contributed by atoms with Crippen molar-refractivity contribution in [2.75, 3.05) is 0 Å². The average Bonchev–Trinajstić information content (AvgIpc) is 3.51. The topological polar surface area (TPSA) is 64.0 Å². The van der Waals surface area contributed by atoms with Crippen molar-refractivity contribution in [3.63, 3.8) is 0 Å². The second-order valence-corrected chi connectivity index (χ2v) is 11.8. The Balaban J connectivity index is 1.86. The lowest BCUT2D eigenvalue weighted by molar-refractivity contribution is -0.137. The molecular formula is C23H24F5N3O2S. The van der Waals surface area contributed by atoms with Crippen molar-refractivity contribution in [2.45, 2.75) is 58.1 Å². The number of pyridine rings is 1. The third kappa shape index (κ3) is 5.10. The largest absolute Gasteiger partial charge is 0.417 e. The summed E-state index contributed by atoms with van der Waals surface area (Å²) in [6, 6.07) is 3.05. The Kier molecular flexibility index (Phi) is 6.00. The van der Waals surface area contributed by atoms with E-state index < -0.39 is 49.9 Å². The highest BCUT2D eigenvalue weighted by molar-refractivity contribution is 7.90. The summed E-state index contributed by atoms with van der Waals surface area (Å²) in [6.07, 6.45) is -2.11. The summed E-state index contributed by atoms with van der Waals surface area (Å²) in [7, 11) is -3.50. The van der Waals surface area contributed by atoms with Crippen LogP contribution in [0.4, 0.5) is 22.0 Å². The first-order chi connectivity index (χ1) is 15.7. The second-order valence-electron chi connectivity index (χ2n) is 9.79. The summed E-state index contributed by atoms with van der Waals surface area (Å²) in [5.41, 5.74) is -2.06. The molecule has 0 amide bonds. The number of sulfonamides is 1. The highest BCUT2D eigenvalue weighted by Crippen LogP contribution is 2.39. The lowest BCUT2D eigenvalue weighted by Crippen LogP contribution is -2.26. The summed E-state index contributed by atoms with van der Waals surface area (Å²) >= 11 is 0. The molecule has 3 aromatic rings. The van der Waals surface area contributed by atoms with Crippen LogP contribution in [0.25, 0.3) is 22.3 Å². The van der Waals surface area contributed by atoms with E-state index in [0.29, 0.717) is 36.4 Å². The number of aromatic nitrogens is 2. The number of fused-ring (bicyclic) bond motifs is 1. The Labute approximate surface area is 194 Å². The number of alkyl halides is 3. The predicted molar refractivity (Wildman–Crippen MR) is 118 cm³/mol. The van der Waals surface area contributed by atoms with Gasteiger partial charge in [-0.15, -0.1) is 0 Å². The normalized spacial score (nSPS) is 15.3. The maximum Gasteiger partial charge on any atom is 0.417 e. The van der Waals surface area contributed by atoms with Gasteiger partial charge in [0.25, 0.3) is 0 Å². The Morgan fingerprint density at radius 1 is 1.12 bits per heavy atom. The molecule has 2 aromatic heterocycles. The molecule has 1 aromatic carbocycles. The molecular weight excluding hydrogens is 477 g/mol. The molecule has 1 aliphatic rings. The highest BCUT2D eigenvalue weighted by Gasteiger charge is 2.36. The first-order valence-corrected chi connectivity index (χ1v) is 12.2. The van der Waals surface area contributed by atoms with Gasteiger partial charge in [0.2, 0.25) is 10.0 Å². The number of benzene rings is 1. The molecule has 0 atom stereocenters. The van der Waals surface area contributed by atoms with Crippen LogP contribution in [0.1, 0.15) is 44.7 Å². The molecule has 11 heteroatoms. The average molecular weight is 502 g/mol. The zero-order valence-corrected chi connectivity index (χ0v) is 19.6. The fourth-order valence-electron chi connectivity index (χ4n) is 3.85. The van der Waals surface area contributed by atoms with Crippen molar-refractivity contribution in [1.29, 1.82) is 0 Å². The molecule has 0 unspecified atom stereocenters. The summed E-state index contributed by atoms with van der Waals surface area (Å²) in [6.45, 7) is 6.13. The number of hydrogen-bond acceptors (Lipinski definition) is 3. The summed E-state index contributed by atoms with van der Waals surface area (Å²) in [5, 5.41) is -0.143. The zero-order valence-electron chi connectivity index (χ0n) is 18.8. The molecule has 2 heterocycles. The molecule has 0 saturated heterocycles. The SMILES string of the molecule is CC(C)(C)Cn1cc(CNS(=O)(=O)C2CC2)c2cc(F)c(-c3ccc(F)cc3C(F)(F)F)nc21. The maximum absolute atomic E-state index is 15.1. The Morgan fingerprint density at radius 3 is 2.38 bits per heavy atom. The van der Waals surface area contributed by atoms with E-state index in [1.165, 1.54) is 0 Å². The first-order valence-electron chi connectivity index (χ1n) is 10.7. The van der Waals surface area contributed by atoms with Crippen LogP contribution < -0.4 is 4.72 Å². The number of nitrogens with zero attached hydrogens (tertiary/aromatic N) is 2. The van der Waals surface area contributed by atoms with Gasteiger partial charge in [-0.1, -0.05) is 20.8 Å². The van der Waals surface area contributed by atoms with E-state index in [0.717, 1.165) is 18.2 Å². The molecule has 184 valence electrons. The van der Waals surface area contributed by atoms with E-state index in [2.05, 4.69) is 9.71 Å². The third-order valence-electron chi connectivity index (χ3n) is 5.50. The van der Waals surface area contributed by atoms with Gasteiger partial charge in [0, 0.05) is 30.2 Å². The van der Waals surface area contributed by atoms with Crippen molar-refractivity contribution >= 4 is 21.1 Å². The smallest absolute Gasteiger partial charge is 0.332 e. The van der Waals surface area contributed by atoms with Crippen molar-refractivity contribution in [1.82, 2.24) is 14.3 Å². The molecule has 0 radical (unpaired) electrons. The lowest BCUT2D eigenvalue weighted by atomic mass is 9.97. The molecule has 0 aliphatic heterocycles. The number of rotatable bonds is 6. The maximum atomic E-state index is 15.1. The molecule has 1 fully saturated rings. The molecule has 0 bridgehead atoms. The monoisotopic (exact) mass is 501 g/mol. The molecule has 1 aliphatic carbocycles. The number of nitrogens with one attached hydrogen (secondary N) is 1. The highest BCUT2D eigenvalue weighted by atomic mass is 32.2. The van der Waals surface area contributed by atoms with Crippen LogP contribution in [-0.4, -0.2) is 23.2 Å². The minimum Gasteiger partial charge on any atom is -0.332 e. The van der Waals surface area contributed by atoms with Crippen LogP contribution in [0.2, 0.25) is 0 Å². The fourth-order valence-corrected chi connectivity index (χ4v) is 5.20. The summed E-state index contributed by atoms with van der Waals surface area (Å²) in [4.78, 5) is 4.23. The van der Waals surface area contributed by atoms with E-state index in [1.54, 1.807) is 10.8 Å². The van der Waals surface area contributed by atoms with Gasteiger partial charge in [-0.3, -0.25) is 0 Å². The fraction of sp³-hybridized carbons (Fsp3) is 0.435. The molecule has 4 rings (SSSR count). The van der Waals surface area contributed by atoms with E-state index in [1.807, 2.05) is 20.8 Å². The summed E-state index contributed by atoms with van der Waals surface area (Å²) < 4.78 is 98.1. The lowest BCUT2D eigenvalue weighted by Gasteiger charge is -2.20. The van der Waals surface area contributed by atoms with Crippen LogP contribution in [0.5, 0.6) is 0 Å².